The second kappa shape index (κ2) is 5.00. The van der Waals surface area contributed by atoms with Crippen molar-refractivity contribution in [2.45, 2.75) is 26.6 Å². The fraction of sp³-hybridized carbons (Fsp3) is 0.286. The zero-order chi connectivity index (χ0) is 11.3. The number of hydrogen-bond acceptors (Lipinski definition) is 0. The van der Waals surface area contributed by atoms with Crippen molar-refractivity contribution in [3.05, 3.63) is 47.2 Å². The van der Waals surface area contributed by atoms with Crippen LogP contribution in [0, 0.1) is 11.8 Å². The fourth-order valence-corrected chi connectivity index (χ4v) is 1.47. The van der Waals surface area contributed by atoms with Crippen LogP contribution >= 0.6 is 0 Å². The molecular weight excluding hydrogens is 196 g/mol. The molecule has 15 heavy (non-hydrogen) atoms. The normalized spacial score (nSPS) is 11.9. The molecule has 1 rings (SSSR count). The highest BCUT2D eigenvalue weighted by atomic mass is 28.3. The van der Waals surface area contributed by atoms with Crippen LogP contribution in [0.4, 0.5) is 0 Å². The van der Waals surface area contributed by atoms with Crippen LogP contribution in [-0.4, -0.2) is 8.07 Å². The third kappa shape index (κ3) is 4.18. The Bertz CT molecular complexity index is 396. The van der Waals surface area contributed by atoms with Crippen molar-refractivity contribution in [3.8, 4) is 11.8 Å². The van der Waals surface area contributed by atoms with Gasteiger partial charge in [0.2, 0.25) is 0 Å². The van der Waals surface area contributed by atoms with Crippen LogP contribution in [0.5, 0.6) is 0 Å². The second-order valence-corrected chi connectivity index (χ2v) is 10.0. The van der Waals surface area contributed by atoms with Crippen LogP contribution in [0.1, 0.15) is 12.5 Å². The maximum Gasteiger partial charge on any atom is 0.0729 e. The fourth-order valence-electron chi connectivity index (χ4n) is 0.966. The lowest BCUT2D eigenvalue weighted by molar-refractivity contribution is 1.53. The maximum absolute atomic E-state index is 3.14. The predicted molar refractivity (Wildman–Crippen MR) is 70.4 cm³/mol. The van der Waals surface area contributed by atoms with Gasteiger partial charge in [-0.2, -0.15) is 0 Å². The van der Waals surface area contributed by atoms with Gasteiger partial charge in [0, 0.05) is 5.56 Å². The van der Waals surface area contributed by atoms with Gasteiger partial charge in [-0.25, -0.2) is 0 Å². The molecule has 0 saturated heterocycles. The highest BCUT2D eigenvalue weighted by Gasteiger charge is 2.14. The van der Waals surface area contributed by atoms with Crippen molar-refractivity contribution in [2.75, 3.05) is 0 Å². The quantitative estimate of drug-likeness (QED) is 0.492. The highest BCUT2D eigenvalue weighted by molar-refractivity contribution is 6.83. The molecule has 0 aliphatic heterocycles. The summed E-state index contributed by atoms with van der Waals surface area (Å²) < 4.78 is 0. The lowest BCUT2D eigenvalue weighted by Gasteiger charge is -2.15. The topological polar surface area (TPSA) is 0 Å². The Hall–Kier alpha value is -1.26. The van der Waals surface area contributed by atoms with Gasteiger partial charge in [-0.15, -0.1) is 0 Å². The first-order valence-corrected chi connectivity index (χ1v) is 8.74. The number of rotatable bonds is 1. The average Bonchev–Trinajstić information content (AvgIpc) is 2.18. The van der Waals surface area contributed by atoms with Gasteiger partial charge < -0.3 is 0 Å². The van der Waals surface area contributed by atoms with Crippen LogP contribution < -0.4 is 0 Å². The summed E-state index contributed by atoms with van der Waals surface area (Å²) in [6.45, 7) is 9.20. The van der Waals surface area contributed by atoms with Gasteiger partial charge >= 0.3 is 0 Å². The van der Waals surface area contributed by atoms with Gasteiger partial charge in [0.25, 0.3) is 0 Å². The van der Waals surface area contributed by atoms with E-state index in [4.69, 9.17) is 0 Å². The number of allylic oxidation sites excluding steroid dienone is 2. The van der Waals surface area contributed by atoms with E-state index >= 15 is 0 Å². The van der Waals surface area contributed by atoms with E-state index in [0.717, 1.165) is 5.56 Å². The van der Waals surface area contributed by atoms with Crippen molar-refractivity contribution in [1.29, 1.82) is 0 Å². The van der Waals surface area contributed by atoms with Crippen molar-refractivity contribution < 1.29 is 0 Å². The minimum atomic E-state index is -1.14. The van der Waals surface area contributed by atoms with Gasteiger partial charge in [-0.05, 0) is 25.1 Å². The molecule has 78 valence electrons. The molecule has 0 nitrogen and oxygen atoms in total. The van der Waals surface area contributed by atoms with E-state index in [1.165, 1.54) is 5.20 Å². The van der Waals surface area contributed by atoms with E-state index in [-0.39, 0.29) is 0 Å². The standard InChI is InChI=1S/C14H18Si/c1-13(15(2,3)4)9-8-12-14-10-6-5-7-11-14/h5-7,9-11H,1-4H3/b13-9+. The third-order valence-electron chi connectivity index (χ3n) is 2.46. The molecule has 0 amide bonds. The SMILES string of the molecule is C/C(=C\C#Cc1ccccc1)[Si](C)(C)C. The van der Waals surface area contributed by atoms with E-state index in [1.54, 1.807) is 0 Å². The average molecular weight is 214 g/mol. The molecule has 0 bridgehead atoms. The van der Waals surface area contributed by atoms with Crippen LogP contribution in [0.15, 0.2) is 41.6 Å². The minimum absolute atomic E-state index is 1.08. The minimum Gasteiger partial charge on any atom is -0.0759 e. The Morgan fingerprint density at radius 1 is 1.13 bits per heavy atom. The van der Waals surface area contributed by atoms with E-state index in [1.807, 2.05) is 30.3 Å². The van der Waals surface area contributed by atoms with Gasteiger partial charge in [0.15, 0.2) is 0 Å². The molecule has 0 aliphatic carbocycles. The van der Waals surface area contributed by atoms with Crippen molar-refractivity contribution >= 4 is 8.07 Å². The summed E-state index contributed by atoms with van der Waals surface area (Å²) in [5.74, 6) is 6.27. The van der Waals surface area contributed by atoms with Gasteiger partial charge in [-0.1, -0.05) is 54.9 Å². The summed E-state index contributed by atoms with van der Waals surface area (Å²) in [6.07, 6.45) is 2.07. The summed E-state index contributed by atoms with van der Waals surface area (Å²) >= 11 is 0. The summed E-state index contributed by atoms with van der Waals surface area (Å²) in [5, 5.41) is 1.45. The van der Waals surface area contributed by atoms with Crippen molar-refractivity contribution in [2.24, 2.45) is 0 Å². The third-order valence-corrected chi connectivity index (χ3v) is 4.97. The first-order valence-electron chi connectivity index (χ1n) is 5.24. The molecule has 0 aliphatic rings. The molecule has 0 saturated carbocycles. The molecule has 1 aromatic carbocycles. The molecule has 0 N–H and O–H groups in total. The molecule has 0 radical (unpaired) electrons. The molecule has 0 fully saturated rings. The number of benzene rings is 1. The summed E-state index contributed by atoms with van der Waals surface area (Å²) in [6, 6.07) is 10.1. The molecule has 0 spiro atoms. The second-order valence-electron chi connectivity index (χ2n) is 4.71. The smallest absolute Gasteiger partial charge is 0.0729 e. The van der Waals surface area contributed by atoms with Crippen LogP contribution in [0.3, 0.4) is 0 Å². The summed E-state index contributed by atoms with van der Waals surface area (Å²) in [7, 11) is -1.14. The zero-order valence-electron chi connectivity index (χ0n) is 9.96. The maximum atomic E-state index is 3.14. The van der Waals surface area contributed by atoms with E-state index < -0.39 is 8.07 Å². The Balaban J connectivity index is 2.77. The van der Waals surface area contributed by atoms with Crippen molar-refractivity contribution in [1.82, 2.24) is 0 Å². The van der Waals surface area contributed by atoms with Gasteiger partial charge in [0.1, 0.15) is 0 Å². The van der Waals surface area contributed by atoms with E-state index in [9.17, 15) is 0 Å². The highest BCUT2D eigenvalue weighted by Crippen LogP contribution is 2.12. The van der Waals surface area contributed by atoms with Crippen LogP contribution in [-0.2, 0) is 0 Å². The van der Waals surface area contributed by atoms with E-state index in [0.29, 0.717) is 0 Å². The van der Waals surface area contributed by atoms with Crippen LogP contribution in [0.25, 0.3) is 0 Å². The Morgan fingerprint density at radius 2 is 1.73 bits per heavy atom. The molecule has 0 atom stereocenters. The van der Waals surface area contributed by atoms with Crippen LogP contribution in [0.2, 0.25) is 19.6 Å². The van der Waals surface area contributed by atoms with Gasteiger partial charge in [0.05, 0.1) is 8.07 Å². The molecule has 1 aromatic rings. The number of hydrogen-bond donors (Lipinski definition) is 0. The predicted octanol–water partition coefficient (Wildman–Crippen LogP) is 3.86. The monoisotopic (exact) mass is 214 g/mol. The molecule has 0 aromatic heterocycles. The molecular formula is C14H18Si. The molecule has 1 heteroatoms. The van der Waals surface area contributed by atoms with Gasteiger partial charge in [-0.3, -0.25) is 0 Å². The Labute approximate surface area is 94.0 Å². The Morgan fingerprint density at radius 3 is 2.27 bits per heavy atom. The largest absolute Gasteiger partial charge is 0.0759 e. The lowest BCUT2D eigenvalue weighted by atomic mass is 10.2. The van der Waals surface area contributed by atoms with E-state index in [2.05, 4.69) is 44.5 Å². The first kappa shape index (κ1) is 11.8. The summed E-state index contributed by atoms with van der Waals surface area (Å²) in [4.78, 5) is 0. The molecule has 0 unspecified atom stereocenters. The zero-order valence-corrected chi connectivity index (χ0v) is 11.0. The first-order chi connectivity index (χ1) is 7.00. The van der Waals surface area contributed by atoms with Crippen molar-refractivity contribution in [3.63, 3.8) is 0 Å². The Kier molecular flexibility index (Phi) is 3.93. The molecule has 0 heterocycles. The lowest BCUT2D eigenvalue weighted by Crippen LogP contribution is -2.21. The summed E-state index contributed by atoms with van der Waals surface area (Å²) in [5.41, 5.74) is 1.08.